The summed E-state index contributed by atoms with van der Waals surface area (Å²) >= 11 is 1.38. The number of aryl methyl sites for hydroxylation is 2. The Hall–Kier alpha value is -2.03. The Morgan fingerprint density at radius 2 is 2.29 bits per heavy atom. The summed E-state index contributed by atoms with van der Waals surface area (Å²) in [7, 11) is 0. The van der Waals surface area contributed by atoms with Gasteiger partial charge >= 0.3 is 0 Å². The molecule has 0 radical (unpaired) electrons. The minimum atomic E-state index is -0.128. The van der Waals surface area contributed by atoms with Crippen LogP contribution in [0.2, 0.25) is 0 Å². The summed E-state index contributed by atoms with van der Waals surface area (Å²) in [5, 5.41) is 4.84. The summed E-state index contributed by atoms with van der Waals surface area (Å²) in [5.74, 6) is 7.23. The van der Waals surface area contributed by atoms with Gasteiger partial charge in [-0.05, 0) is 38.3 Å². The monoisotopic (exact) mass is 302 g/mol. The number of hydrogen-bond acceptors (Lipinski definition) is 4. The first-order valence-corrected chi connectivity index (χ1v) is 7.55. The van der Waals surface area contributed by atoms with Crippen molar-refractivity contribution in [3.63, 3.8) is 0 Å². The van der Waals surface area contributed by atoms with Gasteiger partial charge in [0.25, 0.3) is 5.91 Å². The van der Waals surface area contributed by atoms with Crippen LogP contribution in [0.1, 0.15) is 45.3 Å². The predicted molar refractivity (Wildman–Crippen MR) is 84.3 cm³/mol. The van der Waals surface area contributed by atoms with Gasteiger partial charge in [-0.3, -0.25) is 4.79 Å². The molecule has 0 saturated heterocycles. The maximum Gasteiger partial charge on any atom is 0.263 e. The standard InChI is InChI=1S/C16H18N2O2S/c1-10-9-14(12(3)20-10)11(2)18-16(19)15-13(5-4-7-17)6-8-21-15/h6,8-9,11H,7,17H2,1-3H3,(H,18,19). The van der Waals surface area contributed by atoms with E-state index in [0.29, 0.717) is 4.88 Å². The minimum absolute atomic E-state index is 0.118. The van der Waals surface area contributed by atoms with E-state index in [2.05, 4.69) is 17.2 Å². The van der Waals surface area contributed by atoms with Crippen molar-refractivity contribution in [1.82, 2.24) is 5.32 Å². The highest BCUT2D eigenvalue weighted by molar-refractivity contribution is 7.12. The van der Waals surface area contributed by atoms with Gasteiger partial charge in [-0.15, -0.1) is 11.3 Å². The second kappa shape index (κ2) is 6.61. The zero-order chi connectivity index (χ0) is 15.4. The van der Waals surface area contributed by atoms with E-state index in [9.17, 15) is 4.79 Å². The molecule has 0 bridgehead atoms. The molecule has 5 heteroatoms. The number of hydrogen-bond donors (Lipinski definition) is 2. The highest BCUT2D eigenvalue weighted by Crippen LogP contribution is 2.23. The van der Waals surface area contributed by atoms with Crippen molar-refractivity contribution in [2.24, 2.45) is 5.73 Å². The normalized spacial score (nSPS) is 11.6. The van der Waals surface area contributed by atoms with Crippen LogP contribution in [0.15, 0.2) is 21.9 Å². The van der Waals surface area contributed by atoms with Crippen LogP contribution in [0.5, 0.6) is 0 Å². The maximum atomic E-state index is 12.4. The number of carbonyl (C=O) groups is 1. The SMILES string of the molecule is Cc1cc(C(C)NC(=O)c2sccc2C#CCN)c(C)o1. The van der Waals surface area contributed by atoms with Gasteiger partial charge in [0.15, 0.2) is 0 Å². The average molecular weight is 302 g/mol. The molecular weight excluding hydrogens is 284 g/mol. The zero-order valence-corrected chi connectivity index (χ0v) is 13.1. The molecule has 2 heterocycles. The van der Waals surface area contributed by atoms with Crippen LogP contribution in [-0.2, 0) is 0 Å². The fraction of sp³-hybridized carbons (Fsp3) is 0.312. The van der Waals surface area contributed by atoms with E-state index in [1.54, 1.807) is 0 Å². The van der Waals surface area contributed by atoms with Crippen LogP contribution < -0.4 is 11.1 Å². The van der Waals surface area contributed by atoms with Crippen molar-refractivity contribution in [3.05, 3.63) is 45.0 Å². The molecule has 0 fully saturated rings. The highest BCUT2D eigenvalue weighted by atomic mass is 32.1. The molecule has 3 N–H and O–H groups in total. The van der Waals surface area contributed by atoms with E-state index in [1.807, 2.05) is 38.3 Å². The first-order valence-electron chi connectivity index (χ1n) is 6.67. The van der Waals surface area contributed by atoms with Crippen molar-refractivity contribution >= 4 is 17.2 Å². The van der Waals surface area contributed by atoms with Crippen LogP contribution in [0, 0.1) is 25.7 Å². The quantitative estimate of drug-likeness (QED) is 0.857. The molecule has 4 nitrogen and oxygen atoms in total. The Morgan fingerprint density at radius 3 is 2.90 bits per heavy atom. The minimum Gasteiger partial charge on any atom is -0.466 e. The molecular formula is C16H18N2O2S. The Labute approximate surface area is 128 Å². The maximum absolute atomic E-state index is 12.4. The smallest absolute Gasteiger partial charge is 0.263 e. The van der Waals surface area contributed by atoms with Crippen LogP contribution in [0.3, 0.4) is 0 Å². The van der Waals surface area contributed by atoms with E-state index in [4.69, 9.17) is 10.2 Å². The van der Waals surface area contributed by atoms with Crippen molar-refractivity contribution < 1.29 is 9.21 Å². The lowest BCUT2D eigenvalue weighted by Gasteiger charge is -2.12. The molecule has 0 aliphatic heterocycles. The lowest BCUT2D eigenvalue weighted by Crippen LogP contribution is -2.26. The first-order chi connectivity index (χ1) is 10.0. The summed E-state index contributed by atoms with van der Waals surface area (Å²) in [4.78, 5) is 13.0. The molecule has 0 saturated carbocycles. The number of amides is 1. The van der Waals surface area contributed by atoms with Gasteiger partial charge in [0.2, 0.25) is 0 Å². The molecule has 0 aliphatic rings. The molecule has 110 valence electrons. The number of thiophene rings is 1. The van der Waals surface area contributed by atoms with Crippen LogP contribution in [0.4, 0.5) is 0 Å². The van der Waals surface area contributed by atoms with Gasteiger partial charge in [-0.25, -0.2) is 0 Å². The van der Waals surface area contributed by atoms with Gasteiger partial charge in [0, 0.05) is 11.1 Å². The number of carbonyl (C=O) groups excluding carboxylic acids is 1. The Bertz CT molecular complexity index is 703. The summed E-state index contributed by atoms with van der Waals surface area (Å²) in [6.07, 6.45) is 0. The number of furan rings is 1. The van der Waals surface area contributed by atoms with Gasteiger partial charge in [0.1, 0.15) is 16.4 Å². The van der Waals surface area contributed by atoms with E-state index in [-0.39, 0.29) is 18.5 Å². The lowest BCUT2D eigenvalue weighted by atomic mass is 10.1. The van der Waals surface area contributed by atoms with Crippen LogP contribution in [-0.4, -0.2) is 12.5 Å². The molecule has 2 rings (SSSR count). The second-order valence-corrected chi connectivity index (χ2v) is 5.65. The predicted octanol–water partition coefficient (Wildman–Crippen LogP) is 2.76. The topological polar surface area (TPSA) is 68.3 Å². The lowest BCUT2D eigenvalue weighted by molar-refractivity contribution is 0.0943. The summed E-state index contributed by atoms with van der Waals surface area (Å²) in [6, 6.07) is 3.66. The molecule has 2 aromatic heterocycles. The number of nitrogens with one attached hydrogen (secondary N) is 1. The molecule has 0 spiro atoms. The number of nitrogens with two attached hydrogens (primary N) is 1. The zero-order valence-electron chi connectivity index (χ0n) is 12.3. The van der Waals surface area contributed by atoms with Crippen molar-refractivity contribution in [3.8, 4) is 11.8 Å². The van der Waals surface area contributed by atoms with Crippen molar-refractivity contribution in [2.45, 2.75) is 26.8 Å². The molecule has 21 heavy (non-hydrogen) atoms. The first kappa shape index (κ1) is 15.4. The third kappa shape index (κ3) is 3.54. The van der Waals surface area contributed by atoms with E-state index >= 15 is 0 Å². The summed E-state index contributed by atoms with van der Waals surface area (Å²) in [6.45, 7) is 6.01. The Morgan fingerprint density at radius 1 is 1.52 bits per heavy atom. The molecule has 0 aliphatic carbocycles. The Balaban J connectivity index is 2.15. The highest BCUT2D eigenvalue weighted by Gasteiger charge is 2.18. The van der Waals surface area contributed by atoms with Crippen molar-refractivity contribution in [2.75, 3.05) is 6.54 Å². The molecule has 1 amide bonds. The fourth-order valence-electron chi connectivity index (χ4n) is 2.15. The van der Waals surface area contributed by atoms with Gasteiger partial charge in [0.05, 0.1) is 12.6 Å². The summed E-state index contributed by atoms with van der Waals surface area (Å²) in [5.41, 5.74) is 7.08. The second-order valence-electron chi connectivity index (χ2n) is 4.73. The van der Waals surface area contributed by atoms with Crippen LogP contribution >= 0.6 is 11.3 Å². The third-order valence-corrected chi connectivity index (χ3v) is 4.00. The van der Waals surface area contributed by atoms with Gasteiger partial charge in [-0.1, -0.05) is 11.8 Å². The molecule has 1 atom stereocenters. The van der Waals surface area contributed by atoms with E-state index in [1.165, 1.54) is 11.3 Å². The average Bonchev–Trinajstić information content (AvgIpc) is 3.02. The van der Waals surface area contributed by atoms with Gasteiger partial charge < -0.3 is 15.5 Å². The Kier molecular flexibility index (Phi) is 4.84. The van der Waals surface area contributed by atoms with Crippen molar-refractivity contribution in [1.29, 1.82) is 0 Å². The van der Waals surface area contributed by atoms with E-state index < -0.39 is 0 Å². The van der Waals surface area contributed by atoms with E-state index in [0.717, 1.165) is 22.6 Å². The molecule has 1 unspecified atom stereocenters. The third-order valence-electron chi connectivity index (χ3n) is 3.09. The molecule has 2 aromatic rings. The number of rotatable bonds is 3. The largest absolute Gasteiger partial charge is 0.466 e. The fourth-order valence-corrected chi connectivity index (χ4v) is 2.90. The van der Waals surface area contributed by atoms with Gasteiger partial charge in [-0.2, -0.15) is 0 Å². The molecule has 0 aromatic carbocycles. The van der Waals surface area contributed by atoms with Crippen LogP contribution in [0.25, 0.3) is 0 Å². The summed E-state index contributed by atoms with van der Waals surface area (Å²) < 4.78 is 5.50.